The number of amides is 1. The van der Waals surface area contributed by atoms with E-state index in [1.165, 1.54) is 36.3 Å². The van der Waals surface area contributed by atoms with E-state index in [1.807, 2.05) is 0 Å². The topological polar surface area (TPSA) is 51.1 Å². The molecule has 1 aliphatic heterocycles. The Hall–Kier alpha value is -2.94. The fourth-order valence-corrected chi connectivity index (χ4v) is 3.10. The molecule has 0 spiro atoms. The van der Waals surface area contributed by atoms with Crippen LogP contribution in [0.4, 0.5) is 17.6 Å². The van der Waals surface area contributed by atoms with Crippen LogP contribution < -0.4 is 0 Å². The van der Waals surface area contributed by atoms with Gasteiger partial charge in [-0.1, -0.05) is 29.4 Å². The summed E-state index contributed by atoms with van der Waals surface area (Å²) >= 11 is 0. The predicted molar refractivity (Wildman–Crippen MR) is 101 cm³/mol. The van der Waals surface area contributed by atoms with Crippen molar-refractivity contribution in [2.45, 2.75) is 25.2 Å². The van der Waals surface area contributed by atoms with Crippen molar-refractivity contribution in [3.05, 3.63) is 71.0 Å². The summed E-state index contributed by atoms with van der Waals surface area (Å²) in [5.41, 5.74) is 0.938. The number of carbonyl (C=O) groups is 1. The first-order chi connectivity index (χ1) is 14.3. The van der Waals surface area contributed by atoms with Gasteiger partial charge in [0, 0.05) is 25.6 Å². The van der Waals surface area contributed by atoms with E-state index in [0.29, 0.717) is 23.3 Å². The predicted octanol–water partition coefficient (Wildman–Crippen LogP) is 4.01. The molecule has 1 amide bonds. The van der Waals surface area contributed by atoms with Gasteiger partial charge in [-0.3, -0.25) is 4.79 Å². The molecule has 1 heterocycles. The van der Waals surface area contributed by atoms with Gasteiger partial charge in [0.2, 0.25) is 5.91 Å². The van der Waals surface area contributed by atoms with Gasteiger partial charge in [0.25, 0.3) is 0 Å². The maximum atomic E-state index is 13.4. The van der Waals surface area contributed by atoms with Crippen LogP contribution in [0.3, 0.4) is 0 Å². The minimum atomic E-state index is -4.42. The summed E-state index contributed by atoms with van der Waals surface area (Å²) in [6.07, 6.45) is -4.52. The van der Waals surface area contributed by atoms with Gasteiger partial charge in [-0.2, -0.15) is 13.2 Å². The van der Waals surface area contributed by atoms with Gasteiger partial charge in [0.1, 0.15) is 12.4 Å². The van der Waals surface area contributed by atoms with E-state index in [4.69, 9.17) is 9.57 Å². The molecule has 0 saturated carbocycles. The van der Waals surface area contributed by atoms with E-state index in [2.05, 4.69) is 5.16 Å². The highest BCUT2D eigenvalue weighted by Gasteiger charge is 2.30. The van der Waals surface area contributed by atoms with E-state index in [1.54, 1.807) is 12.1 Å². The number of ether oxygens (including phenoxy) is 1. The summed E-state index contributed by atoms with van der Waals surface area (Å²) in [4.78, 5) is 19.3. The van der Waals surface area contributed by atoms with Crippen LogP contribution in [0.25, 0.3) is 0 Å². The first-order valence-electron chi connectivity index (χ1n) is 9.17. The first kappa shape index (κ1) is 21.8. The molecular weight excluding hydrogens is 404 g/mol. The summed E-state index contributed by atoms with van der Waals surface area (Å²) in [5.74, 6) is -0.724. The molecule has 0 radical (unpaired) electrons. The molecule has 9 heteroatoms. The molecule has 0 aliphatic carbocycles. The minimum Gasteiger partial charge on any atom is -0.390 e. The lowest BCUT2D eigenvalue weighted by Gasteiger charge is -2.25. The monoisotopic (exact) mass is 424 g/mol. The van der Waals surface area contributed by atoms with E-state index >= 15 is 0 Å². The molecule has 1 atom stereocenters. The van der Waals surface area contributed by atoms with E-state index < -0.39 is 23.7 Å². The van der Waals surface area contributed by atoms with Crippen molar-refractivity contribution in [2.24, 2.45) is 5.16 Å². The third kappa shape index (κ3) is 5.56. The molecule has 0 bridgehead atoms. The van der Waals surface area contributed by atoms with Crippen molar-refractivity contribution in [1.82, 2.24) is 4.90 Å². The third-order valence-electron chi connectivity index (χ3n) is 4.59. The van der Waals surface area contributed by atoms with Crippen molar-refractivity contribution >= 4 is 11.6 Å². The Morgan fingerprint density at radius 2 is 1.97 bits per heavy atom. The SMILES string of the molecule is COCC(=O)N(Cc1ccc(C(F)(F)F)cc1)C[C@@H]1CC(c2cccc(F)c2)=NO1. The largest absolute Gasteiger partial charge is 0.416 e. The van der Waals surface area contributed by atoms with Crippen LogP contribution in [0.15, 0.2) is 53.7 Å². The standard InChI is InChI=1S/C21H20F4N2O3/c1-29-13-20(28)27(11-14-5-7-16(8-6-14)21(23,24)25)12-18-10-19(26-30-18)15-3-2-4-17(22)9-15/h2-9,18H,10-13H2,1H3/t18-/m0/s1. The highest BCUT2D eigenvalue weighted by atomic mass is 19.4. The van der Waals surface area contributed by atoms with Gasteiger partial charge in [0.15, 0.2) is 6.10 Å². The number of hydrogen-bond acceptors (Lipinski definition) is 4. The highest BCUT2D eigenvalue weighted by molar-refractivity contribution is 6.01. The Morgan fingerprint density at radius 3 is 2.60 bits per heavy atom. The van der Waals surface area contributed by atoms with Crippen molar-refractivity contribution in [2.75, 3.05) is 20.3 Å². The molecule has 0 aromatic heterocycles. The van der Waals surface area contributed by atoms with E-state index in [9.17, 15) is 22.4 Å². The number of alkyl halides is 3. The van der Waals surface area contributed by atoms with E-state index in [-0.39, 0.29) is 25.6 Å². The van der Waals surface area contributed by atoms with Gasteiger partial charge in [-0.25, -0.2) is 4.39 Å². The van der Waals surface area contributed by atoms with Crippen LogP contribution in [0.5, 0.6) is 0 Å². The third-order valence-corrected chi connectivity index (χ3v) is 4.59. The number of rotatable bonds is 7. The van der Waals surface area contributed by atoms with Crippen LogP contribution in [0.1, 0.15) is 23.1 Å². The number of halogens is 4. The lowest BCUT2D eigenvalue weighted by molar-refractivity contribution is -0.138. The minimum absolute atomic E-state index is 0.0927. The van der Waals surface area contributed by atoms with Crippen molar-refractivity contribution in [1.29, 1.82) is 0 Å². The van der Waals surface area contributed by atoms with Crippen molar-refractivity contribution in [3.8, 4) is 0 Å². The van der Waals surface area contributed by atoms with Gasteiger partial charge < -0.3 is 14.5 Å². The van der Waals surface area contributed by atoms with Gasteiger partial charge in [-0.15, -0.1) is 0 Å². The lowest BCUT2D eigenvalue weighted by atomic mass is 10.0. The average Bonchev–Trinajstić information content (AvgIpc) is 3.16. The van der Waals surface area contributed by atoms with Crippen LogP contribution >= 0.6 is 0 Å². The summed E-state index contributed by atoms with van der Waals surface area (Å²) in [6, 6.07) is 10.6. The Bertz CT molecular complexity index is 913. The molecule has 3 rings (SSSR count). The van der Waals surface area contributed by atoms with Crippen LogP contribution in [-0.4, -0.2) is 42.9 Å². The molecular formula is C21H20F4N2O3. The molecule has 2 aromatic rings. The van der Waals surface area contributed by atoms with Gasteiger partial charge in [0.05, 0.1) is 17.8 Å². The van der Waals surface area contributed by atoms with Crippen LogP contribution in [0.2, 0.25) is 0 Å². The zero-order valence-electron chi connectivity index (χ0n) is 16.2. The first-order valence-corrected chi connectivity index (χ1v) is 9.17. The van der Waals surface area contributed by atoms with Crippen LogP contribution in [-0.2, 0) is 27.1 Å². The Labute approximate surface area is 170 Å². The molecule has 0 N–H and O–H groups in total. The molecule has 0 fully saturated rings. The molecule has 1 aliphatic rings. The number of methoxy groups -OCH3 is 1. The van der Waals surface area contributed by atoms with Crippen LogP contribution in [0, 0.1) is 5.82 Å². The maximum absolute atomic E-state index is 13.4. The van der Waals surface area contributed by atoms with Crippen molar-refractivity contribution in [3.63, 3.8) is 0 Å². The maximum Gasteiger partial charge on any atom is 0.416 e. The molecule has 2 aromatic carbocycles. The second kappa shape index (κ2) is 9.25. The van der Waals surface area contributed by atoms with Gasteiger partial charge in [-0.05, 0) is 29.8 Å². The molecule has 5 nitrogen and oxygen atoms in total. The number of oxime groups is 1. The van der Waals surface area contributed by atoms with Crippen molar-refractivity contribution < 1.29 is 31.9 Å². The fourth-order valence-electron chi connectivity index (χ4n) is 3.10. The quantitative estimate of drug-likeness (QED) is 0.631. The molecule has 0 unspecified atom stereocenters. The molecule has 160 valence electrons. The van der Waals surface area contributed by atoms with E-state index in [0.717, 1.165) is 12.1 Å². The molecule has 0 saturated heterocycles. The number of carbonyl (C=O) groups excluding carboxylic acids is 1. The Kier molecular flexibility index (Phi) is 6.71. The second-order valence-electron chi connectivity index (χ2n) is 6.88. The molecule has 30 heavy (non-hydrogen) atoms. The normalized spacial score (nSPS) is 16.2. The average molecular weight is 424 g/mol. The smallest absolute Gasteiger partial charge is 0.390 e. The lowest BCUT2D eigenvalue weighted by Crippen LogP contribution is -2.39. The number of hydrogen-bond donors (Lipinski definition) is 0. The summed E-state index contributed by atoms with van der Waals surface area (Å²) in [6.45, 7) is 0.0754. The number of benzene rings is 2. The summed E-state index contributed by atoms with van der Waals surface area (Å²) in [5, 5.41) is 3.99. The summed E-state index contributed by atoms with van der Waals surface area (Å²) in [7, 11) is 1.38. The zero-order valence-corrected chi connectivity index (χ0v) is 16.2. The zero-order chi connectivity index (χ0) is 21.7. The van der Waals surface area contributed by atoms with Gasteiger partial charge >= 0.3 is 6.18 Å². The highest BCUT2D eigenvalue weighted by Crippen LogP contribution is 2.29. The summed E-state index contributed by atoms with van der Waals surface area (Å²) < 4.78 is 56.6. The Morgan fingerprint density at radius 1 is 1.23 bits per heavy atom. The Balaban J connectivity index is 1.67. The second-order valence-corrected chi connectivity index (χ2v) is 6.88. The number of nitrogens with zero attached hydrogens (tertiary/aromatic N) is 2. The fraction of sp³-hybridized carbons (Fsp3) is 0.333.